The number of piperidine rings is 1. The van der Waals surface area contributed by atoms with E-state index in [-0.39, 0.29) is 11.8 Å². The molecule has 2 aliphatic heterocycles. The number of nitrogens with zero attached hydrogens (tertiary/aromatic N) is 2. The van der Waals surface area contributed by atoms with Crippen molar-refractivity contribution in [2.75, 3.05) is 44.7 Å². The van der Waals surface area contributed by atoms with Crippen LogP contribution in [0.25, 0.3) is 0 Å². The molecule has 4 rings (SSSR count). The van der Waals surface area contributed by atoms with Crippen LogP contribution in [0.3, 0.4) is 0 Å². The lowest BCUT2D eigenvalue weighted by atomic mass is 10.1. The molecule has 1 N–H and O–H groups in total. The molecule has 0 spiro atoms. The smallest absolute Gasteiger partial charge is 0.256 e. The van der Waals surface area contributed by atoms with Crippen molar-refractivity contribution in [2.45, 2.75) is 25.8 Å². The summed E-state index contributed by atoms with van der Waals surface area (Å²) >= 11 is 0. The minimum Gasteiger partial charge on any atom is -0.378 e. The molecule has 6 heteroatoms. The van der Waals surface area contributed by atoms with Crippen molar-refractivity contribution < 1.29 is 14.3 Å². The number of anilines is 1. The lowest BCUT2D eigenvalue weighted by Gasteiger charge is -2.27. The number of rotatable bonds is 5. The van der Waals surface area contributed by atoms with Gasteiger partial charge in [0.1, 0.15) is 0 Å². The summed E-state index contributed by atoms with van der Waals surface area (Å²) in [7, 11) is 0. The van der Waals surface area contributed by atoms with Gasteiger partial charge in [0.05, 0.1) is 24.5 Å². The number of amides is 2. The predicted molar refractivity (Wildman–Crippen MR) is 117 cm³/mol. The average molecular weight is 408 g/mol. The molecule has 30 heavy (non-hydrogen) atoms. The third kappa shape index (κ3) is 5.07. The predicted octanol–water partition coefficient (Wildman–Crippen LogP) is 3.40. The second kappa shape index (κ2) is 9.87. The summed E-state index contributed by atoms with van der Waals surface area (Å²) in [6.07, 6.45) is 3.86. The van der Waals surface area contributed by atoms with Crippen LogP contribution in [0.2, 0.25) is 0 Å². The van der Waals surface area contributed by atoms with Crippen LogP contribution in [0, 0.1) is 0 Å². The van der Waals surface area contributed by atoms with Crippen LogP contribution in [-0.2, 0) is 11.3 Å². The Labute approximate surface area is 177 Å². The van der Waals surface area contributed by atoms with Gasteiger partial charge in [0.25, 0.3) is 11.8 Å². The van der Waals surface area contributed by atoms with Crippen molar-refractivity contribution in [3.05, 3.63) is 65.2 Å². The van der Waals surface area contributed by atoms with E-state index in [2.05, 4.69) is 10.2 Å². The van der Waals surface area contributed by atoms with Crippen molar-refractivity contribution in [3.63, 3.8) is 0 Å². The number of hydrogen-bond donors (Lipinski definition) is 1. The highest BCUT2D eigenvalue weighted by Crippen LogP contribution is 2.20. The van der Waals surface area contributed by atoms with E-state index in [1.54, 1.807) is 17.0 Å². The third-order valence-electron chi connectivity index (χ3n) is 5.77. The highest BCUT2D eigenvalue weighted by Gasteiger charge is 2.21. The zero-order valence-electron chi connectivity index (χ0n) is 17.3. The van der Waals surface area contributed by atoms with Gasteiger partial charge in [-0.2, -0.15) is 0 Å². The third-order valence-corrected chi connectivity index (χ3v) is 5.77. The van der Waals surface area contributed by atoms with Crippen molar-refractivity contribution in [1.29, 1.82) is 0 Å². The molecule has 6 nitrogen and oxygen atoms in total. The fourth-order valence-electron chi connectivity index (χ4n) is 4.05. The maximum absolute atomic E-state index is 12.9. The second-order valence-corrected chi connectivity index (χ2v) is 7.94. The molecule has 2 saturated heterocycles. The molecule has 2 aromatic carbocycles. The maximum atomic E-state index is 12.9. The molecular weight excluding hydrogens is 378 g/mol. The normalized spacial score (nSPS) is 17.5. The molecule has 0 aromatic heterocycles. The Morgan fingerprint density at radius 2 is 1.57 bits per heavy atom. The first kappa shape index (κ1) is 20.6. The van der Waals surface area contributed by atoms with Crippen LogP contribution >= 0.6 is 0 Å². The van der Waals surface area contributed by atoms with E-state index in [9.17, 15) is 9.59 Å². The highest BCUT2D eigenvalue weighted by atomic mass is 16.5. The largest absolute Gasteiger partial charge is 0.378 e. The SMILES string of the molecule is O=C(Nc1ccccc1C(=O)N1CCOCC1)c1ccc(CN2CCCCC2)cc1. The Morgan fingerprint density at radius 3 is 2.30 bits per heavy atom. The first-order valence-corrected chi connectivity index (χ1v) is 10.8. The number of carbonyl (C=O) groups excluding carboxylic acids is 2. The summed E-state index contributed by atoms with van der Waals surface area (Å²) in [4.78, 5) is 29.9. The lowest BCUT2D eigenvalue weighted by molar-refractivity contribution is 0.0303. The van der Waals surface area contributed by atoms with Gasteiger partial charge in [0.2, 0.25) is 0 Å². The van der Waals surface area contributed by atoms with Gasteiger partial charge < -0.3 is 15.0 Å². The number of hydrogen-bond acceptors (Lipinski definition) is 4. The summed E-state index contributed by atoms with van der Waals surface area (Å²) in [6, 6.07) is 14.9. The minimum absolute atomic E-state index is 0.0777. The number of nitrogens with one attached hydrogen (secondary N) is 1. The van der Waals surface area contributed by atoms with E-state index < -0.39 is 0 Å². The van der Waals surface area contributed by atoms with Gasteiger partial charge in [-0.05, 0) is 55.8 Å². The Kier molecular flexibility index (Phi) is 6.77. The number of likely N-dealkylation sites (tertiary alicyclic amines) is 1. The first-order valence-electron chi connectivity index (χ1n) is 10.8. The van der Waals surface area contributed by atoms with E-state index in [4.69, 9.17) is 4.74 Å². The van der Waals surface area contributed by atoms with Crippen LogP contribution < -0.4 is 5.32 Å². The van der Waals surface area contributed by atoms with Crippen molar-refractivity contribution >= 4 is 17.5 Å². The number of carbonyl (C=O) groups is 2. The van der Waals surface area contributed by atoms with E-state index in [1.807, 2.05) is 36.4 Å². The maximum Gasteiger partial charge on any atom is 0.256 e. The van der Waals surface area contributed by atoms with Gasteiger partial charge >= 0.3 is 0 Å². The van der Waals surface area contributed by atoms with Gasteiger partial charge in [-0.1, -0.05) is 30.7 Å². The quantitative estimate of drug-likeness (QED) is 0.825. The summed E-state index contributed by atoms with van der Waals surface area (Å²) in [5.74, 6) is -0.284. The van der Waals surface area contributed by atoms with Crippen LogP contribution in [0.15, 0.2) is 48.5 Å². The van der Waals surface area contributed by atoms with E-state index in [1.165, 1.54) is 24.8 Å². The molecule has 2 fully saturated rings. The Balaban J connectivity index is 1.41. The van der Waals surface area contributed by atoms with Crippen LogP contribution in [-0.4, -0.2) is 61.0 Å². The molecule has 2 aliphatic rings. The van der Waals surface area contributed by atoms with E-state index in [0.717, 1.165) is 19.6 Å². The number of para-hydroxylation sites is 1. The molecule has 0 radical (unpaired) electrons. The van der Waals surface area contributed by atoms with E-state index >= 15 is 0 Å². The summed E-state index contributed by atoms with van der Waals surface area (Å²) in [5, 5.41) is 2.92. The molecule has 2 aromatic rings. The van der Waals surface area contributed by atoms with Crippen molar-refractivity contribution in [1.82, 2.24) is 9.80 Å². The zero-order valence-corrected chi connectivity index (χ0v) is 17.3. The molecule has 0 unspecified atom stereocenters. The van der Waals surface area contributed by atoms with Crippen LogP contribution in [0.5, 0.6) is 0 Å². The molecular formula is C24H29N3O3. The number of morpholine rings is 1. The molecule has 0 aliphatic carbocycles. The first-order chi connectivity index (χ1) is 14.7. The number of ether oxygens (including phenoxy) is 1. The van der Waals surface area contributed by atoms with Gasteiger partial charge in [0, 0.05) is 25.2 Å². The minimum atomic E-state index is -0.207. The zero-order chi connectivity index (χ0) is 20.8. The Morgan fingerprint density at radius 1 is 0.867 bits per heavy atom. The Bertz CT molecular complexity index is 870. The lowest BCUT2D eigenvalue weighted by Crippen LogP contribution is -2.41. The molecule has 2 amide bonds. The Hall–Kier alpha value is -2.70. The number of benzene rings is 2. The monoisotopic (exact) mass is 407 g/mol. The van der Waals surface area contributed by atoms with Gasteiger partial charge in [-0.15, -0.1) is 0 Å². The second-order valence-electron chi connectivity index (χ2n) is 7.94. The molecule has 158 valence electrons. The molecule has 0 saturated carbocycles. The fourth-order valence-corrected chi connectivity index (χ4v) is 4.05. The van der Waals surface area contributed by atoms with Crippen LogP contribution in [0.1, 0.15) is 45.5 Å². The topological polar surface area (TPSA) is 61.9 Å². The van der Waals surface area contributed by atoms with Crippen LogP contribution in [0.4, 0.5) is 5.69 Å². The van der Waals surface area contributed by atoms with Crippen molar-refractivity contribution in [3.8, 4) is 0 Å². The summed E-state index contributed by atoms with van der Waals surface area (Å²) in [5.41, 5.74) is 2.85. The van der Waals surface area contributed by atoms with Gasteiger partial charge in [0.15, 0.2) is 0 Å². The highest BCUT2D eigenvalue weighted by molar-refractivity contribution is 6.09. The van der Waals surface area contributed by atoms with Gasteiger partial charge in [-0.3, -0.25) is 14.5 Å². The summed E-state index contributed by atoms with van der Waals surface area (Å²) in [6.45, 7) is 5.46. The van der Waals surface area contributed by atoms with E-state index in [0.29, 0.717) is 43.1 Å². The van der Waals surface area contributed by atoms with Gasteiger partial charge in [-0.25, -0.2) is 0 Å². The molecule has 0 bridgehead atoms. The summed E-state index contributed by atoms with van der Waals surface area (Å²) < 4.78 is 5.33. The van der Waals surface area contributed by atoms with Crippen molar-refractivity contribution in [2.24, 2.45) is 0 Å². The standard InChI is InChI=1S/C24H29N3O3/c28-23(20-10-8-19(9-11-20)18-26-12-4-1-5-13-26)25-22-7-3-2-6-21(22)24(29)27-14-16-30-17-15-27/h2-3,6-11H,1,4-5,12-18H2,(H,25,28). The fraction of sp³-hybridized carbons (Fsp3) is 0.417. The average Bonchev–Trinajstić information content (AvgIpc) is 2.81. The molecule has 2 heterocycles. The molecule has 0 atom stereocenters.